The van der Waals surface area contributed by atoms with Gasteiger partial charge in [0.1, 0.15) is 5.82 Å². The Morgan fingerprint density at radius 3 is 2.90 bits per heavy atom. The highest BCUT2D eigenvalue weighted by Crippen LogP contribution is 2.24. The third-order valence-corrected chi connectivity index (χ3v) is 3.92. The number of nitrogens with zero attached hydrogens (tertiary/aromatic N) is 4. The highest BCUT2D eigenvalue weighted by Gasteiger charge is 2.24. The zero-order valence-electron chi connectivity index (χ0n) is 13.0. The number of carbonyl (C=O) groups excluding carboxylic acids is 1. The van der Waals surface area contributed by atoms with Gasteiger partial charge in [0.2, 0.25) is 0 Å². The lowest BCUT2D eigenvalue weighted by Gasteiger charge is -2.31. The number of aryl methyl sites for hydroxylation is 1. The van der Waals surface area contributed by atoms with Gasteiger partial charge in [-0.25, -0.2) is 9.97 Å². The summed E-state index contributed by atoms with van der Waals surface area (Å²) >= 11 is 0. The number of aromatic nitrogens is 2. The zero-order valence-corrected chi connectivity index (χ0v) is 13.0. The second kappa shape index (κ2) is 6.95. The predicted octanol–water partition coefficient (Wildman–Crippen LogP) is 0.659. The van der Waals surface area contributed by atoms with Crippen LogP contribution in [0, 0.1) is 6.92 Å². The van der Waals surface area contributed by atoms with Crippen molar-refractivity contribution in [1.82, 2.24) is 19.8 Å². The van der Waals surface area contributed by atoms with Crippen LogP contribution in [0.1, 0.15) is 40.6 Å². The van der Waals surface area contributed by atoms with Crippen LogP contribution in [0.25, 0.3) is 0 Å². The Bertz CT molecular complexity index is 502. The lowest BCUT2D eigenvalue weighted by atomic mass is 9.97. The molecule has 0 radical (unpaired) electrons. The number of likely N-dealkylation sites (tertiary alicyclic amines) is 1. The molecule has 1 aromatic heterocycles. The number of hydrogen-bond acceptors (Lipinski definition) is 5. The SMILES string of the molecule is Cc1nc([C@@H]2CCCN(CCO)C2)ncc1C(=O)N(C)C. The summed E-state index contributed by atoms with van der Waals surface area (Å²) in [5.41, 5.74) is 1.30. The summed E-state index contributed by atoms with van der Waals surface area (Å²) in [5.74, 6) is 1.03. The minimum absolute atomic E-state index is 0.0652. The average molecular weight is 292 g/mol. The third kappa shape index (κ3) is 3.77. The largest absolute Gasteiger partial charge is 0.395 e. The summed E-state index contributed by atoms with van der Waals surface area (Å²) in [6, 6.07) is 0. The molecule has 1 saturated heterocycles. The van der Waals surface area contributed by atoms with E-state index in [2.05, 4.69) is 14.9 Å². The Morgan fingerprint density at radius 1 is 1.52 bits per heavy atom. The molecule has 1 aliphatic rings. The molecule has 2 rings (SSSR count). The van der Waals surface area contributed by atoms with Crippen molar-refractivity contribution < 1.29 is 9.90 Å². The molecular weight excluding hydrogens is 268 g/mol. The lowest BCUT2D eigenvalue weighted by molar-refractivity contribution is 0.0825. The van der Waals surface area contributed by atoms with Gasteiger partial charge in [-0.2, -0.15) is 0 Å². The first-order chi connectivity index (χ1) is 10.0. The van der Waals surface area contributed by atoms with Crippen molar-refractivity contribution in [3.8, 4) is 0 Å². The van der Waals surface area contributed by atoms with Gasteiger partial charge in [-0.15, -0.1) is 0 Å². The number of aliphatic hydroxyl groups is 1. The van der Waals surface area contributed by atoms with Gasteiger partial charge < -0.3 is 14.9 Å². The number of hydrogen-bond donors (Lipinski definition) is 1. The van der Waals surface area contributed by atoms with Crippen LogP contribution in [0.15, 0.2) is 6.20 Å². The molecule has 0 aromatic carbocycles. The van der Waals surface area contributed by atoms with Crippen molar-refractivity contribution in [2.75, 3.05) is 40.3 Å². The molecule has 1 fully saturated rings. The molecule has 1 amide bonds. The first-order valence-corrected chi connectivity index (χ1v) is 7.41. The minimum Gasteiger partial charge on any atom is -0.395 e. The fourth-order valence-electron chi connectivity index (χ4n) is 2.74. The molecule has 6 heteroatoms. The molecule has 1 atom stereocenters. The van der Waals surface area contributed by atoms with Gasteiger partial charge in [0, 0.05) is 39.3 Å². The van der Waals surface area contributed by atoms with Gasteiger partial charge in [0.25, 0.3) is 5.91 Å². The first-order valence-electron chi connectivity index (χ1n) is 7.41. The average Bonchev–Trinajstić information content (AvgIpc) is 2.47. The van der Waals surface area contributed by atoms with E-state index >= 15 is 0 Å². The predicted molar refractivity (Wildman–Crippen MR) is 80.3 cm³/mol. The van der Waals surface area contributed by atoms with Crippen LogP contribution in [0.5, 0.6) is 0 Å². The molecule has 116 valence electrons. The summed E-state index contributed by atoms with van der Waals surface area (Å²) in [6.45, 7) is 4.64. The number of piperidine rings is 1. The summed E-state index contributed by atoms with van der Waals surface area (Å²) < 4.78 is 0. The van der Waals surface area contributed by atoms with Crippen molar-refractivity contribution in [2.45, 2.75) is 25.7 Å². The molecule has 2 heterocycles. The lowest BCUT2D eigenvalue weighted by Crippen LogP contribution is -2.37. The van der Waals surface area contributed by atoms with E-state index in [1.54, 1.807) is 20.3 Å². The Hall–Kier alpha value is -1.53. The fraction of sp³-hybridized carbons (Fsp3) is 0.667. The molecule has 0 unspecified atom stereocenters. The van der Waals surface area contributed by atoms with Crippen LogP contribution >= 0.6 is 0 Å². The standard InChI is InChI=1S/C15H24N4O2/c1-11-13(15(21)18(2)3)9-16-14(17-11)12-5-4-6-19(10-12)7-8-20/h9,12,20H,4-8,10H2,1-3H3/t12-/m1/s1. The van der Waals surface area contributed by atoms with Crippen molar-refractivity contribution >= 4 is 5.91 Å². The monoisotopic (exact) mass is 292 g/mol. The third-order valence-electron chi connectivity index (χ3n) is 3.92. The molecule has 0 aliphatic carbocycles. The molecule has 0 bridgehead atoms. The van der Waals surface area contributed by atoms with Crippen LogP contribution in [-0.4, -0.2) is 71.1 Å². The number of aliphatic hydroxyl groups excluding tert-OH is 1. The maximum Gasteiger partial charge on any atom is 0.256 e. The van der Waals surface area contributed by atoms with Gasteiger partial charge in [0.05, 0.1) is 17.9 Å². The molecule has 21 heavy (non-hydrogen) atoms. The van der Waals surface area contributed by atoms with Gasteiger partial charge in [-0.1, -0.05) is 0 Å². The summed E-state index contributed by atoms with van der Waals surface area (Å²) in [5, 5.41) is 9.05. The molecule has 1 N–H and O–H groups in total. The minimum atomic E-state index is -0.0652. The topological polar surface area (TPSA) is 69.6 Å². The van der Waals surface area contributed by atoms with Crippen LogP contribution in [-0.2, 0) is 0 Å². The van der Waals surface area contributed by atoms with Crippen LogP contribution in [0.3, 0.4) is 0 Å². The van der Waals surface area contributed by atoms with E-state index in [1.165, 1.54) is 4.90 Å². The quantitative estimate of drug-likeness (QED) is 0.883. The van der Waals surface area contributed by atoms with Gasteiger partial charge in [-0.05, 0) is 26.3 Å². The van der Waals surface area contributed by atoms with E-state index in [0.717, 1.165) is 37.4 Å². The van der Waals surface area contributed by atoms with Crippen molar-refractivity contribution in [3.63, 3.8) is 0 Å². The normalized spacial score (nSPS) is 19.5. The maximum absolute atomic E-state index is 12.0. The molecular formula is C15H24N4O2. The Morgan fingerprint density at radius 2 is 2.29 bits per heavy atom. The van der Waals surface area contributed by atoms with E-state index in [9.17, 15) is 4.79 Å². The van der Waals surface area contributed by atoms with Crippen LogP contribution < -0.4 is 0 Å². The van der Waals surface area contributed by atoms with E-state index in [1.807, 2.05) is 6.92 Å². The molecule has 0 spiro atoms. The number of rotatable bonds is 4. The number of carbonyl (C=O) groups is 1. The van der Waals surface area contributed by atoms with Crippen LogP contribution in [0.2, 0.25) is 0 Å². The van der Waals surface area contributed by atoms with E-state index in [4.69, 9.17) is 5.11 Å². The first kappa shape index (κ1) is 15.9. The molecule has 0 saturated carbocycles. The highest BCUT2D eigenvalue weighted by atomic mass is 16.3. The summed E-state index contributed by atoms with van der Waals surface area (Å²) in [4.78, 5) is 24.7. The van der Waals surface area contributed by atoms with Crippen molar-refractivity contribution in [1.29, 1.82) is 0 Å². The Balaban J connectivity index is 2.14. The van der Waals surface area contributed by atoms with Crippen LogP contribution in [0.4, 0.5) is 0 Å². The number of β-amino-alcohol motifs (C(OH)–C–C–N with tert-alkyl or cyclic N) is 1. The smallest absolute Gasteiger partial charge is 0.256 e. The van der Waals surface area contributed by atoms with E-state index < -0.39 is 0 Å². The number of amides is 1. The molecule has 1 aliphatic heterocycles. The van der Waals surface area contributed by atoms with E-state index in [-0.39, 0.29) is 18.4 Å². The zero-order chi connectivity index (χ0) is 15.4. The van der Waals surface area contributed by atoms with Crippen molar-refractivity contribution in [2.24, 2.45) is 0 Å². The molecule has 6 nitrogen and oxygen atoms in total. The van der Waals surface area contributed by atoms with Gasteiger partial charge in [-0.3, -0.25) is 4.79 Å². The van der Waals surface area contributed by atoms with Crippen molar-refractivity contribution in [3.05, 3.63) is 23.3 Å². The van der Waals surface area contributed by atoms with Gasteiger partial charge >= 0.3 is 0 Å². The Labute approximate surface area is 125 Å². The maximum atomic E-state index is 12.0. The fourth-order valence-corrected chi connectivity index (χ4v) is 2.74. The summed E-state index contributed by atoms with van der Waals surface area (Å²) in [6.07, 6.45) is 3.79. The summed E-state index contributed by atoms with van der Waals surface area (Å²) in [7, 11) is 3.45. The second-order valence-corrected chi connectivity index (χ2v) is 5.79. The van der Waals surface area contributed by atoms with E-state index in [0.29, 0.717) is 12.1 Å². The molecule has 1 aromatic rings. The highest BCUT2D eigenvalue weighted by molar-refractivity contribution is 5.94. The second-order valence-electron chi connectivity index (χ2n) is 5.79. The Kier molecular flexibility index (Phi) is 5.25. The van der Waals surface area contributed by atoms with Gasteiger partial charge in [0.15, 0.2) is 0 Å².